The maximum atomic E-state index is 12.1. The highest BCUT2D eigenvalue weighted by Crippen LogP contribution is 2.31. The largest absolute Gasteiger partial charge is 0.420 e. The van der Waals surface area contributed by atoms with Gasteiger partial charge in [-0.05, 0) is 38.3 Å². The van der Waals surface area contributed by atoms with E-state index < -0.39 is 7.80 Å². The Bertz CT molecular complexity index is 427. The van der Waals surface area contributed by atoms with Crippen molar-refractivity contribution in [2.45, 2.75) is 40.5 Å². The summed E-state index contributed by atoms with van der Waals surface area (Å²) in [6.45, 7) is 7.87. The molecule has 0 saturated heterocycles. The summed E-state index contributed by atoms with van der Waals surface area (Å²) in [6.07, 6.45) is 2.34. The Morgan fingerprint density at radius 3 is 2.18 bits per heavy atom. The smallest absolute Gasteiger partial charge is 0.234 e. The third-order valence-electron chi connectivity index (χ3n) is 2.83. The van der Waals surface area contributed by atoms with E-state index in [1.165, 1.54) is 0 Å². The lowest BCUT2D eigenvalue weighted by atomic mass is 10.0. The lowest BCUT2D eigenvalue weighted by molar-refractivity contribution is 0.107. The van der Waals surface area contributed by atoms with Crippen molar-refractivity contribution >= 4 is 13.3 Å². The fourth-order valence-electron chi connectivity index (χ4n) is 2.05. The second-order valence-electron chi connectivity index (χ2n) is 4.53. The maximum absolute atomic E-state index is 12.1. The zero-order valence-corrected chi connectivity index (χ0v) is 11.9. The SMILES string of the molecule is CCCC[P+](=O)C(=O)c1c(C)cc(C)cc1C. The van der Waals surface area contributed by atoms with Crippen LogP contribution in [0.4, 0.5) is 0 Å². The van der Waals surface area contributed by atoms with E-state index in [2.05, 4.69) is 0 Å². The molecule has 0 radical (unpaired) electrons. The Morgan fingerprint density at radius 2 is 1.71 bits per heavy atom. The molecule has 0 aliphatic rings. The highest BCUT2D eigenvalue weighted by molar-refractivity contribution is 7.64. The standard InChI is InChI=1S/C14H20O2P/c1-5-6-7-17(16)14(15)13-11(3)8-10(2)9-12(13)4/h8-9H,5-7H2,1-4H3/q+1. The van der Waals surface area contributed by atoms with Gasteiger partial charge in [0.2, 0.25) is 0 Å². The van der Waals surface area contributed by atoms with Gasteiger partial charge in [-0.25, -0.2) is 4.79 Å². The summed E-state index contributed by atoms with van der Waals surface area (Å²) in [7, 11) is -1.75. The number of carbonyl (C=O) groups excluding carboxylic acids is 1. The number of benzene rings is 1. The molecule has 3 heteroatoms. The van der Waals surface area contributed by atoms with Crippen LogP contribution >= 0.6 is 7.80 Å². The molecule has 0 fully saturated rings. The quantitative estimate of drug-likeness (QED) is 0.728. The number of hydrogen-bond acceptors (Lipinski definition) is 2. The van der Waals surface area contributed by atoms with E-state index in [4.69, 9.17) is 0 Å². The summed E-state index contributed by atoms with van der Waals surface area (Å²) in [5.41, 5.74) is 3.50. The molecule has 1 aromatic carbocycles. The zero-order chi connectivity index (χ0) is 13.0. The molecule has 0 aliphatic carbocycles. The van der Waals surface area contributed by atoms with Gasteiger partial charge in [-0.1, -0.05) is 35.6 Å². The van der Waals surface area contributed by atoms with Crippen LogP contribution in [0.25, 0.3) is 0 Å². The van der Waals surface area contributed by atoms with Gasteiger partial charge in [0.15, 0.2) is 6.16 Å². The molecule has 1 aromatic rings. The average molecular weight is 251 g/mol. The molecule has 0 heterocycles. The van der Waals surface area contributed by atoms with Crippen LogP contribution in [-0.2, 0) is 4.57 Å². The molecule has 1 rings (SSSR count). The Labute approximate surface area is 104 Å². The second-order valence-corrected chi connectivity index (χ2v) is 6.14. The average Bonchev–Trinajstić information content (AvgIpc) is 2.24. The van der Waals surface area contributed by atoms with Gasteiger partial charge in [0.25, 0.3) is 0 Å². The molecule has 92 valence electrons. The normalized spacial score (nSPS) is 11.4. The van der Waals surface area contributed by atoms with Crippen LogP contribution in [0.5, 0.6) is 0 Å². The first-order chi connectivity index (χ1) is 7.97. The van der Waals surface area contributed by atoms with E-state index in [-0.39, 0.29) is 5.52 Å². The van der Waals surface area contributed by atoms with Gasteiger partial charge in [0.05, 0.1) is 5.56 Å². The van der Waals surface area contributed by atoms with Gasteiger partial charge in [-0.2, -0.15) is 0 Å². The van der Waals surface area contributed by atoms with Crippen molar-refractivity contribution in [1.29, 1.82) is 0 Å². The highest BCUT2D eigenvalue weighted by Gasteiger charge is 2.31. The van der Waals surface area contributed by atoms with Crippen LogP contribution in [0, 0.1) is 20.8 Å². The van der Waals surface area contributed by atoms with Crippen molar-refractivity contribution in [3.8, 4) is 0 Å². The number of aryl methyl sites for hydroxylation is 3. The van der Waals surface area contributed by atoms with Crippen molar-refractivity contribution in [2.75, 3.05) is 6.16 Å². The molecule has 2 nitrogen and oxygen atoms in total. The lowest BCUT2D eigenvalue weighted by Crippen LogP contribution is -2.02. The fraction of sp³-hybridized carbons (Fsp3) is 0.500. The Hall–Kier alpha value is -1.01. The number of hydrogen-bond donors (Lipinski definition) is 0. The summed E-state index contributed by atoms with van der Waals surface area (Å²) in [4.78, 5) is 12.1. The monoisotopic (exact) mass is 251 g/mol. The number of rotatable bonds is 5. The molecule has 0 bridgehead atoms. The van der Waals surface area contributed by atoms with Crippen LogP contribution in [0.1, 0.15) is 46.8 Å². The van der Waals surface area contributed by atoms with Crippen molar-refractivity contribution in [3.63, 3.8) is 0 Å². The number of carbonyl (C=O) groups is 1. The minimum absolute atomic E-state index is 0.177. The first kappa shape index (κ1) is 14.1. The molecule has 0 amide bonds. The first-order valence-electron chi connectivity index (χ1n) is 6.04. The second kappa shape index (κ2) is 6.07. The Kier molecular flexibility index (Phi) is 5.02. The van der Waals surface area contributed by atoms with Gasteiger partial charge < -0.3 is 0 Å². The van der Waals surface area contributed by atoms with Crippen LogP contribution < -0.4 is 0 Å². The predicted molar refractivity (Wildman–Crippen MR) is 72.4 cm³/mol. The molecule has 0 saturated carbocycles. The van der Waals surface area contributed by atoms with E-state index in [9.17, 15) is 9.36 Å². The van der Waals surface area contributed by atoms with Gasteiger partial charge in [-0.3, -0.25) is 0 Å². The number of unbranched alkanes of at least 4 members (excludes halogenated alkanes) is 1. The van der Waals surface area contributed by atoms with Crippen molar-refractivity contribution in [2.24, 2.45) is 0 Å². The molecule has 0 aliphatic heterocycles. The van der Waals surface area contributed by atoms with Crippen molar-refractivity contribution < 1.29 is 9.36 Å². The minimum atomic E-state index is -1.75. The summed E-state index contributed by atoms with van der Waals surface area (Å²) >= 11 is 0. The van der Waals surface area contributed by atoms with Gasteiger partial charge >= 0.3 is 13.3 Å². The zero-order valence-electron chi connectivity index (χ0n) is 11.0. The molecule has 0 aromatic heterocycles. The molecule has 17 heavy (non-hydrogen) atoms. The van der Waals surface area contributed by atoms with Gasteiger partial charge in [0, 0.05) is 0 Å². The molecule has 0 N–H and O–H groups in total. The topological polar surface area (TPSA) is 34.1 Å². The van der Waals surface area contributed by atoms with E-state index in [1.54, 1.807) is 0 Å². The molecule has 1 atom stereocenters. The first-order valence-corrected chi connectivity index (χ1v) is 7.48. The fourth-order valence-corrected chi connectivity index (χ4v) is 3.45. The van der Waals surface area contributed by atoms with Crippen molar-refractivity contribution in [3.05, 3.63) is 34.4 Å². The van der Waals surface area contributed by atoms with E-state index in [1.807, 2.05) is 39.8 Å². The molecule has 0 spiro atoms. The van der Waals surface area contributed by atoms with Crippen LogP contribution in [0.15, 0.2) is 12.1 Å². The van der Waals surface area contributed by atoms with Crippen LogP contribution in [-0.4, -0.2) is 11.7 Å². The molecular weight excluding hydrogens is 231 g/mol. The Morgan fingerprint density at radius 1 is 1.18 bits per heavy atom. The third-order valence-corrected chi connectivity index (χ3v) is 4.23. The van der Waals surface area contributed by atoms with E-state index in [0.717, 1.165) is 29.5 Å². The maximum Gasteiger partial charge on any atom is 0.420 e. The summed E-state index contributed by atoms with van der Waals surface area (Å²) in [5, 5.41) is 0. The predicted octanol–water partition coefficient (Wildman–Crippen LogP) is 4.38. The minimum Gasteiger partial charge on any atom is -0.234 e. The van der Waals surface area contributed by atoms with Gasteiger partial charge in [-0.15, -0.1) is 0 Å². The van der Waals surface area contributed by atoms with Crippen LogP contribution in [0.3, 0.4) is 0 Å². The lowest BCUT2D eigenvalue weighted by Gasteiger charge is -2.05. The van der Waals surface area contributed by atoms with Gasteiger partial charge in [0.1, 0.15) is 0 Å². The Balaban J connectivity index is 3.00. The van der Waals surface area contributed by atoms with E-state index >= 15 is 0 Å². The van der Waals surface area contributed by atoms with Crippen molar-refractivity contribution in [1.82, 2.24) is 0 Å². The van der Waals surface area contributed by atoms with Crippen LogP contribution in [0.2, 0.25) is 0 Å². The molecule has 1 unspecified atom stereocenters. The third kappa shape index (κ3) is 3.47. The summed E-state index contributed by atoms with van der Waals surface area (Å²) in [5.74, 6) is 0. The van der Waals surface area contributed by atoms with E-state index in [0.29, 0.717) is 11.7 Å². The summed E-state index contributed by atoms with van der Waals surface area (Å²) < 4.78 is 11.9. The highest BCUT2D eigenvalue weighted by atomic mass is 31.1. The molecular formula is C14H20O2P+. The summed E-state index contributed by atoms with van der Waals surface area (Å²) in [6, 6.07) is 3.95.